The third kappa shape index (κ3) is 2.00. The SMILES string of the molecule is CCC1(CC)CSc2cscc2SC1. The molecule has 0 nitrogen and oxygen atoms in total. The van der Waals surface area contributed by atoms with Crippen molar-refractivity contribution in [1.82, 2.24) is 0 Å². The Balaban J connectivity index is 2.16. The molecule has 0 aliphatic carbocycles. The maximum Gasteiger partial charge on any atom is 0.0315 e. The molecule has 1 aromatic rings. The number of thioether (sulfide) groups is 2. The summed E-state index contributed by atoms with van der Waals surface area (Å²) < 4.78 is 0. The normalized spacial score (nSPS) is 20.1. The topological polar surface area (TPSA) is 0 Å². The average molecular weight is 244 g/mol. The highest BCUT2D eigenvalue weighted by Crippen LogP contribution is 2.46. The van der Waals surface area contributed by atoms with Gasteiger partial charge in [-0.3, -0.25) is 0 Å². The molecule has 2 heterocycles. The summed E-state index contributed by atoms with van der Waals surface area (Å²) in [7, 11) is 0. The van der Waals surface area contributed by atoms with Crippen molar-refractivity contribution in [2.45, 2.75) is 36.5 Å². The van der Waals surface area contributed by atoms with Crippen LogP contribution in [0.3, 0.4) is 0 Å². The largest absolute Gasteiger partial charge is 0.150 e. The van der Waals surface area contributed by atoms with Crippen molar-refractivity contribution in [3.63, 3.8) is 0 Å². The Morgan fingerprint density at radius 2 is 1.57 bits per heavy atom. The zero-order valence-electron chi connectivity index (χ0n) is 8.71. The van der Waals surface area contributed by atoms with Crippen LogP contribution in [0.25, 0.3) is 0 Å². The molecular weight excluding hydrogens is 228 g/mol. The van der Waals surface area contributed by atoms with Gasteiger partial charge in [0.15, 0.2) is 0 Å². The standard InChI is InChI=1S/C11H16S3/c1-3-11(4-2)7-13-9-5-12-6-10(9)14-8-11/h5-6H,3-4,7-8H2,1-2H3. The summed E-state index contributed by atoms with van der Waals surface area (Å²) >= 11 is 5.96. The van der Waals surface area contributed by atoms with E-state index in [4.69, 9.17) is 0 Å². The van der Waals surface area contributed by atoms with E-state index >= 15 is 0 Å². The maximum absolute atomic E-state index is 2.34. The molecule has 2 rings (SSSR count). The van der Waals surface area contributed by atoms with Crippen molar-refractivity contribution in [3.05, 3.63) is 10.8 Å². The van der Waals surface area contributed by atoms with Gasteiger partial charge in [-0.05, 0) is 18.3 Å². The summed E-state index contributed by atoms with van der Waals surface area (Å²) in [4.78, 5) is 3.03. The summed E-state index contributed by atoms with van der Waals surface area (Å²) in [5, 5.41) is 4.60. The fraction of sp³-hybridized carbons (Fsp3) is 0.636. The Hall–Kier alpha value is 0.400. The van der Waals surface area contributed by atoms with Crippen LogP contribution in [0.2, 0.25) is 0 Å². The third-order valence-corrected chi connectivity index (χ3v) is 7.14. The van der Waals surface area contributed by atoms with Gasteiger partial charge in [0.1, 0.15) is 0 Å². The molecule has 1 aliphatic heterocycles. The first-order valence-corrected chi connectivity index (χ1v) is 8.03. The lowest BCUT2D eigenvalue weighted by Crippen LogP contribution is -2.24. The Bertz CT molecular complexity index is 275. The van der Waals surface area contributed by atoms with Crippen molar-refractivity contribution < 1.29 is 0 Å². The molecule has 0 aromatic carbocycles. The molecule has 0 bridgehead atoms. The van der Waals surface area contributed by atoms with Crippen molar-refractivity contribution >= 4 is 34.9 Å². The van der Waals surface area contributed by atoms with Crippen LogP contribution in [0.4, 0.5) is 0 Å². The lowest BCUT2D eigenvalue weighted by atomic mass is 9.87. The fourth-order valence-electron chi connectivity index (χ4n) is 1.65. The first-order chi connectivity index (χ1) is 6.79. The van der Waals surface area contributed by atoms with Crippen molar-refractivity contribution in [2.75, 3.05) is 11.5 Å². The molecule has 14 heavy (non-hydrogen) atoms. The Morgan fingerprint density at radius 3 is 2.00 bits per heavy atom. The van der Waals surface area contributed by atoms with Gasteiger partial charge in [-0.2, -0.15) is 11.3 Å². The van der Waals surface area contributed by atoms with Gasteiger partial charge >= 0.3 is 0 Å². The highest BCUT2D eigenvalue weighted by Gasteiger charge is 2.29. The highest BCUT2D eigenvalue weighted by atomic mass is 32.2. The molecule has 0 N–H and O–H groups in total. The number of hydrogen-bond acceptors (Lipinski definition) is 3. The van der Waals surface area contributed by atoms with Crippen LogP contribution in [0.15, 0.2) is 20.6 Å². The molecule has 0 spiro atoms. The molecule has 0 amide bonds. The third-order valence-electron chi connectivity index (χ3n) is 3.16. The van der Waals surface area contributed by atoms with Crippen LogP contribution in [-0.4, -0.2) is 11.5 Å². The van der Waals surface area contributed by atoms with Gasteiger partial charge in [0, 0.05) is 32.1 Å². The van der Waals surface area contributed by atoms with E-state index in [2.05, 4.69) is 48.1 Å². The predicted octanol–water partition coefficient (Wildman–Crippen LogP) is 4.75. The maximum atomic E-state index is 2.34. The number of hydrogen-bond donors (Lipinski definition) is 0. The molecule has 0 fully saturated rings. The van der Waals surface area contributed by atoms with E-state index in [1.54, 1.807) is 0 Å². The number of fused-ring (bicyclic) bond motifs is 1. The van der Waals surface area contributed by atoms with Gasteiger partial charge in [0.2, 0.25) is 0 Å². The molecule has 78 valence electrons. The Morgan fingerprint density at radius 1 is 1.07 bits per heavy atom. The second-order valence-corrected chi connectivity index (χ2v) is 6.66. The van der Waals surface area contributed by atoms with E-state index in [0.29, 0.717) is 5.41 Å². The van der Waals surface area contributed by atoms with Crippen molar-refractivity contribution in [2.24, 2.45) is 5.41 Å². The molecule has 1 aromatic heterocycles. The molecule has 3 heteroatoms. The fourth-order valence-corrected chi connectivity index (χ4v) is 6.07. The van der Waals surface area contributed by atoms with E-state index in [1.807, 2.05) is 11.3 Å². The summed E-state index contributed by atoms with van der Waals surface area (Å²) in [6.07, 6.45) is 2.63. The zero-order chi connectivity index (χ0) is 10.0. The highest BCUT2D eigenvalue weighted by molar-refractivity contribution is 8.03. The van der Waals surface area contributed by atoms with E-state index in [9.17, 15) is 0 Å². The van der Waals surface area contributed by atoms with Gasteiger partial charge in [-0.25, -0.2) is 0 Å². The van der Waals surface area contributed by atoms with Crippen LogP contribution in [-0.2, 0) is 0 Å². The van der Waals surface area contributed by atoms with E-state index < -0.39 is 0 Å². The van der Waals surface area contributed by atoms with Crippen LogP contribution in [0.1, 0.15) is 26.7 Å². The quantitative estimate of drug-likeness (QED) is 0.736. The second kappa shape index (κ2) is 4.50. The molecule has 0 atom stereocenters. The van der Waals surface area contributed by atoms with Gasteiger partial charge < -0.3 is 0 Å². The van der Waals surface area contributed by atoms with Gasteiger partial charge in [-0.15, -0.1) is 23.5 Å². The minimum absolute atomic E-state index is 0.575. The average Bonchev–Trinajstić information content (AvgIpc) is 2.61. The molecule has 0 saturated heterocycles. The van der Waals surface area contributed by atoms with Crippen molar-refractivity contribution in [3.8, 4) is 0 Å². The molecule has 1 aliphatic rings. The molecule has 0 unspecified atom stereocenters. The molecule has 0 saturated carbocycles. The number of thiophene rings is 1. The van der Waals surface area contributed by atoms with Gasteiger partial charge in [0.05, 0.1) is 0 Å². The van der Waals surface area contributed by atoms with Crippen molar-refractivity contribution in [1.29, 1.82) is 0 Å². The first-order valence-electron chi connectivity index (χ1n) is 5.11. The minimum Gasteiger partial charge on any atom is -0.150 e. The van der Waals surface area contributed by atoms with Gasteiger partial charge in [-0.1, -0.05) is 13.8 Å². The summed E-state index contributed by atoms with van der Waals surface area (Å²) in [6.45, 7) is 4.67. The summed E-state index contributed by atoms with van der Waals surface area (Å²) in [6, 6.07) is 0. The Kier molecular flexibility index (Phi) is 3.50. The van der Waals surface area contributed by atoms with E-state index in [1.165, 1.54) is 34.1 Å². The number of rotatable bonds is 2. The van der Waals surface area contributed by atoms with Crippen LogP contribution < -0.4 is 0 Å². The van der Waals surface area contributed by atoms with E-state index in [0.717, 1.165) is 0 Å². The van der Waals surface area contributed by atoms with Crippen LogP contribution in [0, 0.1) is 5.41 Å². The first kappa shape index (κ1) is 10.9. The lowest BCUT2D eigenvalue weighted by molar-refractivity contribution is 0.357. The van der Waals surface area contributed by atoms with E-state index in [-0.39, 0.29) is 0 Å². The van der Waals surface area contributed by atoms with Crippen LogP contribution in [0.5, 0.6) is 0 Å². The molecule has 0 radical (unpaired) electrons. The summed E-state index contributed by atoms with van der Waals surface area (Å²) in [5.41, 5.74) is 0.575. The minimum atomic E-state index is 0.575. The van der Waals surface area contributed by atoms with Gasteiger partial charge in [0.25, 0.3) is 0 Å². The monoisotopic (exact) mass is 244 g/mol. The Labute approximate surface area is 98.9 Å². The zero-order valence-corrected chi connectivity index (χ0v) is 11.2. The second-order valence-electron chi connectivity index (χ2n) is 3.88. The van der Waals surface area contributed by atoms with Crippen LogP contribution >= 0.6 is 34.9 Å². The lowest BCUT2D eigenvalue weighted by Gasteiger charge is -2.28. The predicted molar refractivity (Wildman–Crippen MR) is 68.8 cm³/mol. The molecular formula is C11H16S3. The summed E-state index contributed by atoms with van der Waals surface area (Å²) in [5.74, 6) is 2.60. The smallest absolute Gasteiger partial charge is 0.0315 e.